The Morgan fingerprint density at radius 3 is 1.70 bits per heavy atom. The summed E-state index contributed by atoms with van der Waals surface area (Å²) in [6.45, 7) is 6.53. The molecule has 3 N–H and O–H groups in total. The minimum absolute atomic E-state index is 0.00653. The molecule has 33 heavy (non-hydrogen) atoms. The van der Waals surface area contributed by atoms with Crippen LogP contribution in [0.5, 0.6) is 0 Å². The van der Waals surface area contributed by atoms with Gasteiger partial charge in [0.1, 0.15) is 0 Å². The lowest BCUT2D eigenvalue weighted by Gasteiger charge is -2.33. The summed E-state index contributed by atoms with van der Waals surface area (Å²) in [6.07, 6.45) is 8.75. The Labute approximate surface area is 194 Å². The van der Waals surface area contributed by atoms with Crippen molar-refractivity contribution in [3.05, 3.63) is 54.1 Å². The summed E-state index contributed by atoms with van der Waals surface area (Å²) >= 11 is 0. The van der Waals surface area contributed by atoms with Crippen LogP contribution in [0.1, 0.15) is 31.7 Å². The molecule has 0 spiro atoms. The lowest BCUT2D eigenvalue weighted by molar-refractivity contribution is -0.135. The second-order valence-electron chi connectivity index (χ2n) is 7.40. The summed E-state index contributed by atoms with van der Waals surface area (Å²) in [6, 6.07) is 9.74. The van der Waals surface area contributed by atoms with Crippen LogP contribution in [0.3, 0.4) is 0 Å². The fourth-order valence-electron chi connectivity index (χ4n) is 3.02. The van der Waals surface area contributed by atoms with E-state index < -0.39 is 11.9 Å². The number of rotatable bonds is 4. The highest BCUT2D eigenvalue weighted by atomic mass is 16.4. The van der Waals surface area contributed by atoms with Crippen molar-refractivity contribution >= 4 is 29.8 Å². The smallest absolute Gasteiger partial charge is 0.328 e. The molecule has 2 aliphatic heterocycles. The molecule has 9 nitrogen and oxygen atoms in total. The minimum atomic E-state index is -1.26. The highest BCUT2D eigenvalue weighted by molar-refractivity contribution is 5.92. The molecule has 0 aliphatic carbocycles. The molecule has 0 atom stereocenters. The largest absolute Gasteiger partial charge is 0.478 e. The molecule has 2 fully saturated rings. The Hall–Kier alpha value is -3.46. The zero-order valence-electron chi connectivity index (χ0n) is 19.0. The zero-order chi connectivity index (χ0) is 24.5. The number of carboxylic acid groups (broad SMARTS) is 2. The molecule has 0 bridgehead atoms. The normalized spacial score (nSPS) is 15.8. The van der Waals surface area contributed by atoms with Crippen LogP contribution in [0.15, 0.2) is 48.6 Å². The fourth-order valence-corrected chi connectivity index (χ4v) is 3.02. The summed E-state index contributed by atoms with van der Waals surface area (Å²) in [5.41, 5.74) is 1.01. The minimum Gasteiger partial charge on any atom is -0.478 e. The molecular formula is C24H33N3O6. The summed E-state index contributed by atoms with van der Waals surface area (Å²) in [4.78, 5) is 45.8. The number of aliphatic carboxylic acids is 2. The van der Waals surface area contributed by atoms with Crippen molar-refractivity contribution in [1.29, 1.82) is 0 Å². The quantitative estimate of drug-likeness (QED) is 0.587. The van der Waals surface area contributed by atoms with Gasteiger partial charge in [-0.05, 0) is 37.6 Å². The molecule has 180 valence electrons. The number of benzene rings is 1. The third kappa shape index (κ3) is 13.5. The Balaban J connectivity index is 0.000000319. The van der Waals surface area contributed by atoms with Crippen molar-refractivity contribution in [3.63, 3.8) is 0 Å². The Bertz CT molecular complexity index is 783. The van der Waals surface area contributed by atoms with Crippen molar-refractivity contribution in [2.75, 3.05) is 39.3 Å². The molecule has 0 unspecified atom stereocenters. The van der Waals surface area contributed by atoms with Crippen LogP contribution in [0.4, 0.5) is 0 Å². The summed E-state index contributed by atoms with van der Waals surface area (Å²) in [7, 11) is 0. The Morgan fingerprint density at radius 2 is 1.30 bits per heavy atom. The molecule has 0 radical (unpaired) electrons. The number of carbonyl (C=O) groups is 4. The van der Waals surface area contributed by atoms with E-state index in [1.54, 1.807) is 22.8 Å². The van der Waals surface area contributed by atoms with Gasteiger partial charge in [0.25, 0.3) is 0 Å². The van der Waals surface area contributed by atoms with Crippen molar-refractivity contribution in [1.82, 2.24) is 15.1 Å². The van der Waals surface area contributed by atoms with Gasteiger partial charge in [-0.2, -0.15) is 0 Å². The van der Waals surface area contributed by atoms with E-state index in [-0.39, 0.29) is 11.8 Å². The van der Waals surface area contributed by atoms with Gasteiger partial charge in [0.15, 0.2) is 0 Å². The second kappa shape index (κ2) is 16.2. The predicted molar refractivity (Wildman–Crippen MR) is 125 cm³/mol. The highest BCUT2D eigenvalue weighted by Gasteiger charge is 2.20. The second-order valence-corrected chi connectivity index (χ2v) is 7.40. The van der Waals surface area contributed by atoms with Crippen LogP contribution in [-0.4, -0.2) is 83.0 Å². The first-order valence-corrected chi connectivity index (χ1v) is 10.9. The van der Waals surface area contributed by atoms with E-state index in [1.807, 2.05) is 36.4 Å². The molecule has 2 aliphatic rings. The Kier molecular flexibility index (Phi) is 13.5. The summed E-state index contributed by atoms with van der Waals surface area (Å²) in [5, 5.41) is 18.9. The first kappa shape index (κ1) is 27.6. The average molecular weight is 460 g/mol. The molecular weight excluding hydrogens is 426 g/mol. The van der Waals surface area contributed by atoms with Gasteiger partial charge >= 0.3 is 11.9 Å². The number of nitrogens with one attached hydrogen (secondary N) is 1. The third-order valence-corrected chi connectivity index (χ3v) is 4.83. The summed E-state index contributed by atoms with van der Waals surface area (Å²) < 4.78 is 0. The average Bonchev–Trinajstić information content (AvgIpc) is 2.84. The van der Waals surface area contributed by atoms with Gasteiger partial charge in [0.2, 0.25) is 11.8 Å². The molecule has 1 aromatic carbocycles. The maximum absolute atomic E-state index is 12.0. The van der Waals surface area contributed by atoms with E-state index >= 15 is 0 Å². The van der Waals surface area contributed by atoms with Crippen LogP contribution >= 0.6 is 0 Å². The van der Waals surface area contributed by atoms with E-state index in [2.05, 4.69) is 5.32 Å². The molecule has 2 amide bonds. The van der Waals surface area contributed by atoms with E-state index in [0.717, 1.165) is 5.56 Å². The number of hydrogen-bond donors (Lipinski definition) is 3. The zero-order valence-corrected chi connectivity index (χ0v) is 19.0. The first-order chi connectivity index (χ1) is 15.8. The molecule has 2 heterocycles. The van der Waals surface area contributed by atoms with Gasteiger partial charge in [0.05, 0.1) is 0 Å². The lowest BCUT2D eigenvalue weighted by Crippen LogP contribution is -2.49. The van der Waals surface area contributed by atoms with Gasteiger partial charge in [-0.1, -0.05) is 36.8 Å². The number of hydrogen-bond acceptors (Lipinski definition) is 5. The van der Waals surface area contributed by atoms with Crippen LogP contribution in [0, 0.1) is 0 Å². The maximum Gasteiger partial charge on any atom is 0.328 e. The van der Waals surface area contributed by atoms with Crippen LogP contribution in [0.25, 0.3) is 6.08 Å². The van der Waals surface area contributed by atoms with E-state index in [4.69, 9.17) is 10.2 Å². The van der Waals surface area contributed by atoms with Crippen molar-refractivity contribution in [2.24, 2.45) is 0 Å². The molecule has 0 aromatic heterocycles. The number of piperazine rings is 1. The number of carboxylic acids is 2. The topological polar surface area (TPSA) is 127 Å². The van der Waals surface area contributed by atoms with E-state index in [9.17, 15) is 19.2 Å². The third-order valence-electron chi connectivity index (χ3n) is 4.83. The predicted octanol–water partition coefficient (Wildman–Crippen LogP) is 1.86. The van der Waals surface area contributed by atoms with Crippen LogP contribution in [0.2, 0.25) is 0 Å². The van der Waals surface area contributed by atoms with E-state index in [1.165, 1.54) is 32.4 Å². The van der Waals surface area contributed by atoms with Crippen molar-refractivity contribution in [2.45, 2.75) is 26.2 Å². The van der Waals surface area contributed by atoms with Gasteiger partial charge in [-0.15, -0.1) is 0 Å². The highest BCUT2D eigenvalue weighted by Crippen LogP contribution is 2.05. The van der Waals surface area contributed by atoms with Gasteiger partial charge in [-0.3, -0.25) is 9.59 Å². The first-order valence-electron chi connectivity index (χ1n) is 10.9. The van der Waals surface area contributed by atoms with Gasteiger partial charge < -0.3 is 25.3 Å². The number of piperidine rings is 1. The molecule has 1 aromatic rings. The summed E-state index contributed by atoms with van der Waals surface area (Å²) in [5.74, 6) is -2.43. The van der Waals surface area contributed by atoms with Gasteiger partial charge in [0, 0.05) is 51.3 Å². The Morgan fingerprint density at radius 1 is 0.788 bits per heavy atom. The van der Waals surface area contributed by atoms with Crippen molar-refractivity contribution < 1.29 is 29.4 Å². The number of carbonyl (C=O) groups excluding carboxylic acids is 2. The number of nitrogens with zero attached hydrogens (tertiary/aromatic N) is 2. The molecule has 3 rings (SSSR count). The van der Waals surface area contributed by atoms with Crippen LogP contribution in [-0.2, 0) is 19.2 Å². The molecule has 0 saturated carbocycles. The SMILES string of the molecule is C1CCNCC1.CC(=O)N1CCN(C(=O)C=Cc2ccccc2)CC1.O=C(O)/C=C\C(=O)O. The fraction of sp³-hybridized carbons (Fsp3) is 0.417. The lowest BCUT2D eigenvalue weighted by atomic mass is 10.2. The van der Waals surface area contributed by atoms with Crippen molar-refractivity contribution in [3.8, 4) is 0 Å². The number of amides is 2. The van der Waals surface area contributed by atoms with Crippen LogP contribution < -0.4 is 5.32 Å². The maximum atomic E-state index is 12.0. The van der Waals surface area contributed by atoms with E-state index in [0.29, 0.717) is 38.3 Å². The monoisotopic (exact) mass is 459 g/mol. The molecule has 9 heteroatoms. The molecule has 2 saturated heterocycles. The van der Waals surface area contributed by atoms with Gasteiger partial charge in [-0.25, -0.2) is 9.59 Å². The standard InChI is InChI=1S/C15H18N2O2.C5H11N.C4H4O4/c1-13(18)16-9-11-17(12-10-16)15(19)8-7-14-5-3-2-4-6-14;1-2-4-6-5-3-1;5-3(6)1-2-4(7)8/h2-8H,9-12H2,1H3;6H,1-5H2;1-2H,(H,5,6)(H,7,8)/b;;2-1-.